The first-order chi connectivity index (χ1) is 18.0. The van der Waals surface area contributed by atoms with Gasteiger partial charge < -0.3 is 0 Å². The van der Waals surface area contributed by atoms with Crippen LogP contribution in [-0.4, -0.2) is 29.3 Å². The van der Waals surface area contributed by atoms with Gasteiger partial charge in [0.15, 0.2) is 5.82 Å². The maximum Gasteiger partial charge on any atom is 0.291 e. The van der Waals surface area contributed by atoms with Crippen molar-refractivity contribution in [2.45, 2.75) is 6.92 Å². The molecule has 9 nitrogen and oxygen atoms in total. The van der Waals surface area contributed by atoms with Crippen LogP contribution in [0, 0.1) is 17.0 Å². The molecule has 3 heterocycles. The van der Waals surface area contributed by atoms with Crippen molar-refractivity contribution in [3.63, 3.8) is 0 Å². The van der Waals surface area contributed by atoms with Gasteiger partial charge >= 0.3 is 0 Å². The highest BCUT2D eigenvalue weighted by atomic mass is 32.1. The molecule has 0 aliphatic heterocycles. The second-order valence-electron chi connectivity index (χ2n) is 8.43. The molecule has 0 saturated heterocycles. The van der Waals surface area contributed by atoms with E-state index in [0.29, 0.717) is 32.1 Å². The normalized spacial score (nSPS) is 11.9. The lowest BCUT2D eigenvalue weighted by atomic mass is 10.1. The van der Waals surface area contributed by atoms with E-state index in [1.807, 2.05) is 67.7 Å². The number of rotatable bonds is 5. The number of benzene rings is 3. The summed E-state index contributed by atoms with van der Waals surface area (Å²) in [7, 11) is 0. The van der Waals surface area contributed by atoms with Gasteiger partial charge in [-0.3, -0.25) is 14.9 Å². The van der Waals surface area contributed by atoms with Crippen molar-refractivity contribution in [3.8, 4) is 28.3 Å². The summed E-state index contributed by atoms with van der Waals surface area (Å²) >= 11 is 1.25. The van der Waals surface area contributed by atoms with Crippen LogP contribution in [0.3, 0.4) is 0 Å². The molecule has 0 radical (unpaired) electrons. The third-order valence-corrected chi connectivity index (χ3v) is 6.85. The summed E-state index contributed by atoms with van der Waals surface area (Å²) in [6.07, 6.45) is 3.59. The quantitative estimate of drug-likeness (QED) is 0.253. The highest BCUT2D eigenvalue weighted by Crippen LogP contribution is 2.26. The number of thiazole rings is 1. The first-order valence-corrected chi connectivity index (χ1v) is 12.2. The molecule has 10 heteroatoms. The Morgan fingerprint density at radius 3 is 2.30 bits per heavy atom. The number of para-hydroxylation sites is 1. The van der Waals surface area contributed by atoms with Crippen molar-refractivity contribution in [3.05, 3.63) is 121 Å². The number of nitro groups is 1. The molecule has 6 aromatic rings. The molecule has 37 heavy (non-hydrogen) atoms. The van der Waals surface area contributed by atoms with E-state index in [-0.39, 0.29) is 11.2 Å². The standard InChI is InChI=1S/C27H18N6O3S/c1-17-7-9-19(10-8-17)25-28-27-32(30-25)26(34)23(37-27)15-20-16-31(21-5-3-2-4-6-21)29-24(20)18-11-13-22(14-12-18)33(35)36/h2-16H,1H3/b23-15-. The van der Waals surface area contributed by atoms with Crippen LogP contribution >= 0.6 is 11.3 Å². The van der Waals surface area contributed by atoms with Gasteiger partial charge in [0, 0.05) is 35.0 Å². The van der Waals surface area contributed by atoms with Gasteiger partial charge in [0.05, 0.1) is 15.1 Å². The monoisotopic (exact) mass is 506 g/mol. The summed E-state index contributed by atoms with van der Waals surface area (Å²) in [5.41, 5.74) is 4.53. The van der Waals surface area contributed by atoms with Gasteiger partial charge in [-0.25, -0.2) is 4.68 Å². The van der Waals surface area contributed by atoms with E-state index < -0.39 is 4.92 Å². The number of hydrogen-bond acceptors (Lipinski definition) is 7. The molecule has 6 rings (SSSR count). The molecular weight excluding hydrogens is 488 g/mol. The smallest absolute Gasteiger partial charge is 0.266 e. The zero-order chi connectivity index (χ0) is 25.5. The van der Waals surface area contributed by atoms with Crippen molar-refractivity contribution in [1.82, 2.24) is 24.4 Å². The lowest BCUT2D eigenvalue weighted by molar-refractivity contribution is -0.384. The van der Waals surface area contributed by atoms with Crippen LogP contribution in [0.5, 0.6) is 0 Å². The van der Waals surface area contributed by atoms with E-state index >= 15 is 0 Å². The fraction of sp³-hybridized carbons (Fsp3) is 0.0370. The Bertz CT molecular complexity index is 1870. The second-order valence-corrected chi connectivity index (χ2v) is 9.44. The molecule has 0 fully saturated rings. The Kier molecular flexibility index (Phi) is 5.42. The van der Waals surface area contributed by atoms with Crippen LogP contribution in [0.15, 0.2) is 89.9 Å². The van der Waals surface area contributed by atoms with Gasteiger partial charge in [-0.15, -0.1) is 5.10 Å². The van der Waals surface area contributed by atoms with E-state index in [9.17, 15) is 14.9 Å². The zero-order valence-corrected chi connectivity index (χ0v) is 20.3. The molecule has 0 saturated carbocycles. The van der Waals surface area contributed by atoms with E-state index in [1.54, 1.807) is 22.9 Å². The summed E-state index contributed by atoms with van der Waals surface area (Å²) in [5, 5.41) is 20.3. The number of nitro benzene ring substituents is 1. The molecule has 0 bridgehead atoms. The summed E-state index contributed by atoms with van der Waals surface area (Å²) in [6, 6.07) is 23.6. The third-order valence-electron chi connectivity index (χ3n) is 5.89. The van der Waals surface area contributed by atoms with Crippen LogP contribution in [0.4, 0.5) is 5.69 Å². The highest BCUT2D eigenvalue weighted by Gasteiger charge is 2.16. The fourth-order valence-corrected chi connectivity index (χ4v) is 4.87. The average molecular weight is 507 g/mol. The molecule has 0 atom stereocenters. The van der Waals surface area contributed by atoms with Gasteiger partial charge in [0.1, 0.15) is 5.69 Å². The molecular formula is C27H18N6O3S. The van der Waals surface area contributed by atoms with Crippen molar-refractivity contribution >= 4 is 28.1 Å². The molecule has 0 unspecified atom stereocenters. The number of nitrogens with zero attached hydrogens (tertiary/aromatic N) is 6. The lowest BCUT2D eigenvalue weighted by Gasteiger charge is -2.00. The summed E-state index contributed by atoms with van der Waals surface area (Å²) in [5.74, 6) is 0.498. The summed E-state index contributed by atoms with van der Waals surface area (Å²) < 4.78 is 3.50. The van der Waals surface area contributed by atoms with Crippen molar-refractivity contribution in [2.75, 3.05) is 0 Å². The Morgan fingerprint density at radius 1 is 0.919 bits per heavy atom. The van der Waals surface area contributed by atoms with Gasteiger partial charge in [-0.05, 0) is 37.3 Å². The number of fused-ring (bicyclic) bond motifs is 1. The molecule has 0 aliphatic carbocycles. The van der Waals surface area contributed by atoms with Gasteiger partial charge in [-0.2, -0.15) is 14.6 Å². The maximum atomic E-state index is 13.2. The minimum atomic E-state index is -0.442. The van der Waals surface area contributed by atoms with E-state index in [4.69, 9.17) is 5.10 Å². The maximum absolute atomic E-state index is 13.2. The molecule has 0 aliphatic rings. The minimum Gasteiger partial charge on any atom is -0.266 e. The highest BCUT2D eigenvalue weighted by molar-refractivity contribution is 7.15. The minimum absolute atomic E-state index is 0.00597. The predicted octanol–water partition coefficient (Wildman–Crippen LogP) is 4.44. The molecule has 180 valence electrons. The van der Waals surface area contributed by atoms with Crippen LogP contribution in [0.2, 0.25) is 0 Å². The Balaban J connectivity index is 1.47. The van der Waals surface area contributed by atoms with Crippen molar-refractivity contribution in [1.29, 1.82) is 0 Å². The number of aryl methyl sites for hydroxylation is 1. The van der Waals surface area contributed by atoms with Gasteiger partial charge in [-0.1, -0.05) is 59.4 Å². The van der Waals surface area contributed by atoms with E-state index in [2.05, 4.69) is 10.1 Å². The first kappa shape index (κ1) is 22.5. The second kappa shape index (κ2) is 8.92. The van der Waals surface area contributed by atoms with E-state index in [1.165, 1.54) is 28.0 Å². The third kappa shape index (κ3) is 4.19. The number of non-ortho nitro benzene ring substituents is 1. The van der Waals surface area contributed by atoms with Gasteiger partial charge in [0.25, 0.3) is 11.2 Å². The van der Waals surface area contributed by atoms with Crippen molar-refractivity contribution < 1.29 is 4.92 Å². The van der Waals surface area contributed by atoms with E-state index in [0.717, 1.165) is 16.8 Å². The average Bonchev–Trinajstić information content (AvgIpc) is 3.60. The first-order valence-electron chi connectivity index (χ1n) is 11.3. The zero-order valence-electron chi connectivity index (χ0n) is 19.5. The number of hydrogen-bond donors (Lipinski definition) is 0. The molecule has 0 N–H and O–H groups in total. The summed E-state index contributed by atoms with van der Waals surface area (Å²) in [6.45, 7) is 2.01. The molecule has 0 amide bonds. The van der Waals surface area contributed by atoms with Crippen molar-refractivity contribution in [2.24, 2.45) is 0 Å². The van der Waals surface area contributed by atoms with Crippen LogP contribution in [0.25, 0.3) is 39.4 Å². The SMILES string of the molecule is Cc1ccc(-c2nc3s/c(=C\c4cn(-c5ccccc5)nc4-c4ccc([N+](=O)[O-])cc4)c(=O)n3n2)cc1. The largest absolute Gasteiger partial charge is 0.291 e. The predicted molar refractivity (Wildman–Crippen MR) is 142 cm³/mol. The van der Waals surface area contributed by atoms with Crippen LogP contribution < -0.4 is 10.1 Å². The Labute approximate surface area is 213 Å². The molecule has 3 aromatic carbocycles. The summed E-state index contributed by atoms with van der Waals surface area (Å²) in [4.78, 5) is 28.9. The van der Waals surface area contributed by atoms with Gasteiger partial charge in [0.2, 0.25) is 4.96 Å². The lowest BCUT2D eigenvalue weighted by Crippen LogP contribution is -2.23. The molecule has 0 spiro atoms. The number of aromatic nitrogens is 5. The Morgan fingerprint density at radius 2 is 1.62 bits per heavy atom. The van der Waals surface area contributed by atoms with Crippen LogP contribution in [-0.2, 0) is 0 Å². The van der Waals surface area contributed by atoms with Crippen LogP contribution in [0.1, 0.15) is 11.1 Å². The Hall–Kier alpha value is -4.96. The fourth-order valence-electron chi connectivity index (χ4n) is 3.97. The topological polar surface area (TPSA) is 108 Å². The molecule has 3 aromatic heterocycles.